The molecule has 13 heteroatoms. The zero-order valence-corrected chi connectivity index (χ0v) is 18.2. The van der Waals surface area contributed by atoms with E-state index in [1.807, 2.05) is 0 Å². The number of carbonyl (C=O) groups is 1. The van der Waals surface area contributed by atoms with Crippen molar-refractivity contribution in [2.24, 2.45) is 0 Å². The summed E-state index contributed by atoms with van der Waals surface area (Å²) in [5.41, 5.74) is -0.0777. The van der Waals surface area contributed by atoms with Gasteiger partial charge in [0.05, 0.1) is 30.5 Å². The van der Waals surface area contributed by atoms with Crippen LogP contribution in [0.3, 0.4) is 0 Å². The first kappa shape index (κ1) is 23.3. The molecule has 0 bridgehead atoms. The summed E-state index contributed by atoms with van der Waals surface area (Å²) in [4.78, 5) is 23.3. The molecule has 1 aliphatic rings. The second-order valence-electron chi connectivity index (χ2n) is 7.00. The molecule has 0 aliphatic carbocycles. The van der Waals surface area contributed by atoms with Crippen molar-refractivity contribution in [3.63, 3.8) is 0 Å². The second kappa shape index (κ2) is 9.57. The number of thiazole rings is 1. The fourth-order valence-electron chi connectivity index (χ4n) is 3.03. The number of hydrogen-bond acceptors (Lipinski definition) is 7. The maximum absolute atomic E-state index is 15.3. The minimum Gasteiger partial charge on any atom is -0.488 e. The number of nitrogens with zero attached hydrogens (tertiary/aromatic N) is 3. The Morgan fingerprint density at radius 2 is 2.00 bits per heavy atom. The predicted molar refractivity (Wildman–Crippen MR) is 111 cm³/mol. The number of rotatable bonds is 6. The van der Waals surface area contributed by atoms with Crippen molar-refractivity contribution in [1.82, 2.24) is 20.3 Å². The summed E-state index contributed by atoms with van der Waals surface area (Å²) in [5.74, 6) is -2.69. The predicted octanol–water partition coefficient (Wildman–Crippen LogP) is 4.51. The monoisotopic (exact) mass is 502 g/mol. The number of amides is 1. The topological polar surface area (TPSA) is 86.2 Å². The Morgan fingerprint density at radius 1 is 1.24 bits per heavy atom. The third kappa shape index (κ3) is 5.57. The lowest BCUT2D eigenvalue weighted by atomic mass is 10.1. The molecular formula is C20H15ClF4N4O3S. The number of ether oxygens (including phenoxy) is 2. The van der Waals surface area contributed by atoms with E-state index >= 15 is 4.39 Å². The fraction of sp³-hybridized carbons (Fsp3) is 0.300. The van der Waals surface area contributed by atoms with E-state index in [2.05, 4.69) is 20.3 Å². The van der Waals surface area contributed by atoms with Gasteiger partial charge in [0, 0.05) is 30.9 Å². The number of carbonyl (C=O) groups excluding carboxylic acids is 1. The third-order valence-electron chi connectivity index (χ3n) is 4.60. The van der Waals surface area contributed by atoms with Crippen LogP contribution in [0.15, 0.2) is 30.7 Å². The molecule has 1 unspecified atom stereocenters. The van der Waals surface area contributed by atoms with E-state index < -0.39 is 23.7 Å². The molecule has 3 aromatic rings. The molecule has 174 valence electrons. The van der Waals surface area contributed by atoms with E-state index in [0.29, 0.717) is 24.0 Å². The minimum absolute atomic E-state index is 0.0336. The summed E-state index contributed by atoms with van der Waals surface area (Å²) in [7, 11) is 0. The lowest BCUT2D eigenvalue weighted by Gasteiger charge is -2.15. The SMILES string of the molecule is O=C(NCc1cnc(C(F)(F)F)nc1)c1cc(OC2CCOC2)cc(-c2ncc(Cl)s2)c1F. The largest absolute Gasteiger partial charge is 0.488 e. The molecule has 4 rings (SSSR count). The summed E-state index contributed by atoms with van der Waals surface area (Å²) in [6.07, 6.45) is -1.03. The summed E-state index contributed by atoms with van der Waals surface area (Å²) >= 11 is 6.96. The van der Waals surface area contributed by atoms with Gasteiger partial charge in [-0.05, 0) is 12.1 Å². The van der Waals surface area contributed by atoms with Gasteiger partial charge in [-0.3, -0.25) is 4.79 Å². The molecule has 1 saturated heterocycles. The molecule has 1 fully saturated rings. The molecule has 1 N–H and O–H groups in total. The summed E-state index contributed by atoms with van der Waals surface area (Å²) in [6, 6.07) is 2.69. The maximum Gasteiger partial charge on any atom is 0.451 e. The molecule has 33 heavy (non-hydrogen) atoms. The first-order valence-electron chi connectivity index (χ1n) is 9.56. The molecule has 0 radical (unpaired) electrons. The molecule has 1 aliphatic heterocycles. The van der Waals surface area contributed by atoms with Gasteiger partial charge in [-0.25, -0.2) is 19.3 Å². The Balaban J connectivity index is 1.57. The van der Waals surface area contributed by atoms with E-state index in [4.69, 9.17) is 21.1 Å². The smallest absolute Gasteiger partial charge is 0.451 e. The van der Waals surface area contributed by atoms with Crippen molar-refractivity contribution in [3.8, 4) is 16.3 Å². The van der Waals surface area contributed by atoms with Crippen molar-refractivity contribution < 1.29 is 31.8 Å². The molecule has 7 nitrogen and oxygen atoms in total. The van der Waals surface area contributed by atoms with Crippen LogP contribution in [0, 0.1) is 5.82 Å². The maximum atomic E-state index is 15.3. The van der Waals surface area contributed by atoms with Crippen LogP contribution < -0.4 is 10.1 Å². The lowest BCUT2D eigenvalue weighted by Crippen LogP contribution is -2.25. The fourth-order valence-corrected chi connectivity index (χ4v) is 3.96. The van der Waals surface area contributed by atoms with Crippen LogP contribution in [0.5, 0.6) is 5.75 Å². The van der Waals surface area contributed by atoms with Crippen LogP contribution in [-0.2, 0) is 17.5 Å². The van der Waals surface area contributed by atoms with Crippen molar-refractivity contribution in [3.05, 3.63) is 57.8 Å². The third-order valence-corrected chi connectivity index (χ3v) is 5.75. The van der Waals surface area contributed by atoms with Crippen LogP contribution in [0.25, 0.3) is 10.6 Å². The van der Waals surface area contributed by atoms with Crippen molar-refractivity contribution in [2.45, 2.75) is 25.2 Å². The highest BCUT2D eigenvalue weighted by molar-refractivity contribution is 7.18. The van der Waals surface area contributed by atoms with Crippen molar-refractivity contribution in [1.29, 1.82) is 0 Å². The van der Waals surface area contributed by atoms with Gasteiger partial charge >= 0.3 is 6.18 Å². The van der Waals surface area contributed by atoms with Crippen molar-refractivity contribution >= 4 is 28.8 Å². The van der Waals surface area contributed by atoms with E-state index in [1.54, 1.807) is 0 Å². The van der Waals surface area contributed by atoms with Crippen LogP contribution in [-0.4, -0.2) is 40.2 Å². The number of halogens is 5. The Labute approximate surface area is 193 Å². The van der Waals surface area contributed by atoms with E-state index in [-0.39, 0.29) is 40.1 Å². The van der Waals surface area contributed by atoms with Gasteiger partial charge in [0.25, 0.3) is 5.91 Å². The van der Waals surface area contributed by atoms with E-state index in [9.17, 15) is 18.0 Å². The van der Waals surface area contributed by atoms with Crippen LogP contribution in [0.1, 0.15) is 28.2 Å². The summed E-state index contributed by atoms with van der Waals surface area (Å²) in [6.45, 7) is 0.685. The van der Waals surface area contributed by atoms with E-state index in [1.165, 1.54) is 18.3 Å². The highest BCUT2D eigenvalue weighted by Crippen LogP contribution is 2.35. The molecule has 1 atom stereocenters. The van der Waals surface area contributed by atoms with Gasteiger partial charge in [0.1, 0.15) is 27.0 Å². The van der Waals surface area contributed by atoms with Crippen LogP contribution >= 0.6 is 22.9 Å². The number of hydrogen-bond donors (Lipinski definition) is 1. The molecular weight excluding hydrogens is 488 g/mol. The Kier molecular flexibility index (Phi) is 6.77. The normalized spacial score (nSPS) is 16.1. The number of nitrogens with one attached hydrogen (secondary N) is 1. The van der Waals surface area contributed by atoms with Gasteiger partial charge in [-0.15, -0.1) is 11.3 Å². The minimum atomic E-state index is -4.68. The molecule has 1 aromatic carbocycles. The molecule has 2 aromatic heterocycles. The average Bonchev–Trinajstić information content (AvgIpc) is 3.44. The highest BCUT2D eigenvalue weighted by Gasteiger charge is 2.34. The Hall–Kier alpha value is -2.83. The van der Waals surface area contributed by atoms with Gasteiger partial charge in [0.15, 0.2) is 0 Å². The number of benzene rings is 1. The number of alkyl halides is 3. The molecule has 0 saturated carbocycles. The molecule has 1 amide bonds. The quantitative estimate of drug-likeness (QED) is 0.499. The van der Waals surface area contributed by atoms with Crippen LogP contribution in [0.4, 0.5) is 17.6 Å². The van der Waals surface area contributed by atoms with Gasteiger partial charge in [-0.2, -0.15) is 13.2 Å². The summed E-state index contributed by atoms with van der Waals surface area (Å²) < 4.78 is 64.5. The lowest BCUT2D eigenvalue weighted by molar-refractivity contribution is -0.145. The van der Waals surface area contributed by atoms with Crippen LogP contribution in [0.2, 0.25) is 4.34 Å². The Bertz CT molecular complexity index is 1150. The van der Waals surface area contributed by atoms with Gasteiger partial charge in [-0.1, -0.05) is 11.6 Å². The Morgan fingerprint density at radius 3 is 2.61 bits per heavy atom. The molecule has 3 heterocycles. The average molecular weight is 503 g/mol. The zero-order chi connectivity index (χ0) is 23.6. The first-order chi connectivity index (χ1) is 15.7. The standard InChI is InChI=1S/C20H15ClF4N4O3S/c21-15-8-27-18(33-15)14-4-12(32-11-1-2-31-9-11)3-13(16(14)22)17(30)26-5-10-6-28-19(29-7-10)20(23,24)25/h3-4,6-8,11H,1-2,5,9H2,(H,26,30). The number of aromatic nitrogens is 3. The van der Waals surface area contributed by atoms with E-state index in [0.717, 1.165) is 23.7 Å². The molecule has 0 spiro atoms. The zero-order valence-electron chi connectivity index (χ0n) is 16.7. The van der Waals surface area contributed by atoms with Gasteiger partial charge in [0.2, 0.25) is 5.82 Å². The van der Waals surface area contributed by atoms with Crippen molar-refractivity contribution in [2.75, 3.05) is 13.2 Å². The second-order valence-corrected chi connectivity index (χ2v) is 8.66. The first-order valence-corrected chi connectivity index (χ1v) is 10.8. The van der Waals surface area contributed by atoms with Gasteiger partial charge < -0.3 is 14.8 Å². The summed E-state index contributed by atoms with van der Waals surface area (Å²) in [5, 5.41) is 2.72. The highest BCUT2D eigenvalue weighted by atomic mass is 35.5.